The Morgan fingerprint density at radius 1 is 1.62 bits per heavy atom. The van der Waals surface area contributed by atoms with Gasteiger partial charge in [-0.05, 0) is 36.8 Å². The summed E-state index contributed by atoms with van der Waals surface area (Å²) in [5, 5.41) is 3.05. The monoisotopic (exact) mass is 198 g/mol. The summed E-state index contributed by atoms with van der Waals surface area (Å²) in [6.45, 7) is 1.87. The van der Waals surface area contributed by atoms with E-state index in [4.69, 9.17) is 5.73 Å². The average molecular weight is 198 g/mol. The van der Waals surface area contributed by atoms with E-state index >= 15 is 0 Å². The van der Waals surface area contributed by atoms with Gasteiger partial charge in [0.15, 0.2) is 5.11 Å². The molecule has 1 rings (SSSR count). The fourth-order valence-electron chi connectivity index (χ4n) is 1.07. The quantitative estimate of drug-likeness (QED) is 0.711. The Balaban J connectivity index is 2.76. The van der Waals surface area contributed by atoms with Crippen LogP contribution in [0.1, 0.15) is 18.5 Å². The summed E-state index contributed by atoms with van der Waals surface area (Å²) >= 11 is 4.68. The van der Waals surface area contributed by atoms with Crippen molar-refractivity contribution in [3.63, 3.8) is 0 Å². The predicted molar refractivity (Wildman–Crippen MR) is 54.7 cm³/mol. The minimum atomic E-state index is -0.255. The van der Waals surface area contributed by atoms with Crippen molar-refractivity contribution in [1.29, 1.82) is 0 Å². The van der Waals surface area contributed by atoms with Gasteiger partial charge in [-0.1, -0.05) is 12.1 Å². The molecular formula is C9H11FN2S. The lowest BCUT2D eigenvalue weighted by Gasteiger charge is -2.13. The first-order valence-electron chi connectivity index (χ1n) is 3.91. The zero-order chi connectivity index (χ0) is 9.84. The Kier molecular flexibility index (Phi) is 3.19. The van der Waals surface area contributed by atoms with Gasteiger partial charge in [-0.25, -0.2) is 4.39 Å². The molecule has 0 saturated carbocycles. The minimum Gasteiger partial charge on any atom is -0.376 e. The third-order valence-corrected chi connectivity index (χ3v) is 1.83. The number of nitrogens with two attached hydrogens (primary N) is 1. The third-order valence-electron chi connectivity index (χ3n) is 1.71. The molecule has 2 nitrogen and oxygen atoms in total. The molecule has 13 heavy (non-hydrogen) atoms. The molecular weight excluding hydrogens is 187 g/mol. The maximum atomic E-state index is 12.8. The van der Waals surface area contributed by atoms with E-state index in [-0.39, 0.29) is 17.0 Å². The highest BCUT2D eigenvalue weighted by atomic mass is 32.1. The van der Waals surface area contributed by atoms with Crippen molar-refractivity contribution in [1.82, 2.24) is 5.32 Å². The summed E-state index contributed by atoms with van der Waals surface area (Å²) in [7, 11) is 0. The molecule has 0 fully saturated rings. The molecule has 0 aliphatic carbocycles. The molecule has 0 unspecified atom stereocenters. The van der Waals surface area contributed by atoms with Gasteiger partial charge in [0, 0.05) is 0 Å². The first-order chi connectivity index (χ1) is 6.09. The van der Waals surface area contributed by atoms with E-state index < -0.39 is 0 Å². The summed E-state index contributed by atoms with van der Waals surface area (Å²) < 4.78 is 12.8. The summed E-state index contributed by atoms with van der Waals surface area (Å²) in [6.07, 6.45) is 0. The smallest absolute Gasteiger partial charge is 0.164 e. The Hall–Kier alpha value is -1.16. The molecule has 0 aliphatic rings. The molecule has 0 bridgehead atoms. The molecule has 0 heterocycles. The Morgan fingerprint density at radius 2 is 2.31 bits per heavy atom. The number of hydrogen-bond acceptors (Lipinski definition) is 1. The molecule has 1 aromatic rings. The maximum Gasteiger partial charge on any atom is 0.164 e. The van der Waals surface area contributed by atoms with Gasteiger partial charge in [-0.3, -0.25) is 0 Å². The second-order valence-electron chi connectivity index (χ2n) is 2.79. The lowest BCUT2D eigenvalue weighted by atomic mass is 10.1. The first kappa shape index (κ1) is 9.92. The highest BCUT2D eigenvalue weighted by molar-refractivity contribution is 7.80. The van der Waals surface area contributed by atoms with Crippen LogP contribution in [0.5, 0.6) is 0 Å². The van der Waals surface area contributed by atoms with E-state index in [9.17, 15) is 4.39 Å². The van der Waals surface area contributed by atoms with Crippen molar-refractivity contribution in [3.05, 3.63) is 35.6 Å². The summed E-state index contributed by atoms with van der Waals surface area (Å²) in [4.78, 5) is 0. The molecule has 0 spiro atoms. The van der Waals surface area contributed by atoms with Gasteiger partial charge in [-0.15, -0.1) is 0 Å². The van der Waals surface area contributed by atoms with Crippen LogP contribution in [-0.2, 0) is 0 Å². The van der Waals surface area contributed by atoms with Crippen molar-refractivity contribution in [2.24, 2.45) is 5.73 Å². The summed E-state index contributed by atoms with van der Waals surface area (Å²) in [5.41, 5.74) is 6.12. The number of nitrogens with one attached hydrogen (secondary N) is 1. The first-order valence-corrected chi connectivity index (χ1v) is 4.32. The number of thiocarbonyl (C=S) groups is 1. The SMILES string of the molecule is C[C@H](NC(N)=S)c1cccc(F)c1. The van der Waals surface area contributed by atoms with Crippen molar-refractivity contribution in [2.45, 2.75) is 13.0 Å². The molecule has 4 heteroatoms. The van der Waals surface area contributed by atoms with Gasteiger partial charge in [0.05, 0.1) is 6.04 Å². The van der Waals surface area contributed by atoms with Crippen molar-refractivity contribution in [2.75, 3.05) is 0 Å². The number of halogens is 1. The second-order valence-corrected chi connectivity index (χ2v) is 3.23. The molecule has 3 N–H and O–H groups in total. The van der Waals surface area contributed by atoms with Crippen LogP contribution in [0.25, 0.3) is 0 Å². The minimum absolute atomic E-state index is 0.0619. The van der Waals surface area contributed by atoms with Crippen LogP contribution < -0.4 is 11.1 Å². The van der Waals surface area contributed by atoms with Gasteiger partial charge in [0.1, 0.15) is 5.82 Å². The normalized spacial score (nSPS) is 12.2. The van der Waals surface area contributed by atoms with E-state index in [1.807, 2.05) is 13.0 Å². The number of hydrogen-bond donors (Lipinski definition) is 2. The van der Waals surface area contributed by atoms with Gasteiger partial charge in [0.2, 0.25) is 0 Å². The van der Waals surface area contributed by atoms with Gasteiger partial charge >= 0.3 is 0 Å². The van der Waals surface area contributed by atoms with Crippen LogP contribution in [0.2, 0.25) is 0 Å². The Bertz CT molecular complexity index is 314. The Morgan fingerprint density at radius 3 is 2.85 bits per heavy atom. The van der Waals surface area contributed by atoms with Gasteiger partial charge in [-0.2, -0.15) is 0 Å². The second kappa shape index (κ2) is 4.18. The molecule has 0 aromatic heterocycles. The zero-order valence-corrected chi connectivity index (χ0v) is 8.07. The zero-order valence-electron chi connectivity index (χ0n) is 7.25. The summed E-state index contributed by atoms with van der Waals surface area (Å²) in [6, 6.07) is 6.27. The van der Waals surface area contributed by atoms with Crippen LogP contribution in [0.3, 0.4) is 0 Å². The van der Waals surface area contributed by atoms with Gasteiger partial charge in [0.25, 0.3) is 0 Å². The van der Waals surface area contributed by atoms with Crippen LogP contribution >= 0.6 is 12.2 Å². The lowest BCUT2D eigenvalue weighted by molar-refractivity contribution is 0.618. The number of rotatable bonds is 2. The average Bonchev–Trinajstić information content (AvgIpc) is 2.03. The molecule has 0 aliphatic heterocycles. The van der Waals surface area contributed by atoms with Crippen molar-refractivity contribution >= 4 is 17.3 Å². The molecule has 70 valence electrons. The van der Waals surface area contributed by atoms with Crippen LogP contribution in [0, 0.1) is 5.82 Å². The van der Waals surface area contributed by atoms with Crippen molar-refractivity contribution < 1.29 is 4.39 Å². The molecule has 0 amide bonds. The molecule has 0 saturated heterocycles. The standard InChI is InChI=1S/C9H11FN2S/c1-6(12-9(11)13)7-3-2-4-8(10)5-7/h2-6H,1H3,(H3,11,12,13)/t6-/m0/s1. The van der Waals surface area contributed by atoms with Crippen LogP contribution in [0.4, 0.5) is 4.39 Å². The lowest BCUT2D eigenvalue weighted by Crippen LogP contribution is -2.31. The fourth-order valence-corrected chi connectivity index (χ4v) is 1.25. The molecule has 0 radical (unpaired) electrons. The highest BCUT2D eigenvalue weighted by Gasteiger charge is 2.05. The molecule has 1 atom stereocenters. The van der Waals surface area contributed by atoms with Gasteiger partial charge < -0.3 is 11.1 Å². The van der Waals surface area contributed by atoms with Crippen LogP contribution in [0.15, 0.2) is 24.3 Å². The topological polar surface area (TPSA) is 38.0 Å². The van der Waals surface area contributed by atoms with E-state index in [2.05, 4.69) is 17.5 Å². The third kappa shape index (κ3) is 2.99. The predicted octanol–water partition coefficient (Wildman–Crippen LogP) is 1.72. The maximum absolute atomic E-state index is 12.8. The van der Waals surface area contributed by atoms with E-state index in [1.165, 1.54) is 12.1 Å². The Labute approximate surface area is 81.9 Å². The van der Waals surface area contributed by atoms with Crippen LogP contribution in [-0.4, -0.2) is 5.11 Å². The van der Waals surface area contributed by atoms with E-state index in [0.717, 1.165) is 5.56 Å². The van der Waals surface area contributed by atoms with Crippen molar-refractivity contribution in [3.8, 4) is 0 Å². The fraction of sp³-hybridized carbons (Fsp3) is 0.222. The largest absolute Gasteiger partial charge is 0.376 e. The van der Waals surface area contributed by atoms with E-state index in [1.54, 1.807) is 6.07 Å². The summed E-state index contributed by atoms with van der Waals surface area (Å²) in [5.74, 6) is -0.255. The van der Waals surface area contributed by atoms with E-state index in [0.29, 0.717) is 0 Å². The number of benzene rings is 1. The highest BCUT2D eigenvalue weighted by Crippen LogP contribution is 2.12. The molecule has 1 aromatic carbocycles.